The maximum absolute atomic E-state index is 11.2. The summed E-state index contributed by atoms with van der Waals surface area (Å²) in [5.74, 6) is 0.227. The third kappa shape index (κ3) is 4.26. The molecule has 2 heterocycles. The molecule has 1 aliphatic rings. The zero-order valence-electron chi connectivity index (χ0n) is 13.2. The molecule has 2 aromatic rings. The summed E-state index contributed by atoms with van der Waals surface area (Å²) in [6, 6.07) is 7.88. The molecule has 0 aliphatic carbocycles. The first-order chi connectivity index (χ1) is 10.9. The van der Waals surface area contributed by atoms with Gasteiger partial charge in [0.25, 0.3) is 0 Å². The van der Waals surface area contributed by atoms with Gasteiger partial charge in [-0.05, 0) is 17.7 Å². The molecule has 0 N–H and O–H groups in total. The molecule has 0 saturated carbocycles. The number of rotatable bonds is 5. The Balaban J connectivity index is 1.59. The number of furan rings is 1. The summed E-state index contributed by atoms with van der Waals surface area (Å²) in [5.41, 5.74) is 1.85. The second kappa shape index (κ2) is 6.81. The minimum atomic E-state index is -2.89. The van der Waals surface area contributed by atoms with E-state index in [1.807, 2.05) is 24.3 Å². The number of fused-ring (bicyclic) bond motifs is 1. The van der Waals surface area contributed by atoms with Crippen molar-refractivity contribution in [3.05, 3.63) is 35.0 Å². The summed E-state index contributed by atoms with van der Waals surface area (Å²) < 4.78 is 28.1. The molecular weight excluding hydrogens is 336 g/mol. The fraction of sp³-hybridized carbons (Fsp3) is 0.500. The topological polar surface area (TPSA) is 53.8 Å². The second-order valence-electron chi connectivity index (χ2n) is 6.10. The van der Waals surface area contributed by atoms with Crippen molar-refractivity contribution >= 4 is 32.4 Å². The van der Waals surface area contributed by atoms with Crippen LogP contribution in [-0.2, 0) is 16.4 Å². The van der Waals surface area contributed by atoms with Gasteiger partial charge >= 0.3 is 0 Å². The van der Waals surface area contributed by atoms with Crippen LogP contribution in [0.5, 0.6) is 0 Å². The molecule has 0 unspecified atom stereocenters. The molecule has 0 atom stereocenters. The van der Waals surface area contributed by atoms with Crippen molar-refractivity contribution in [3.8, 4) is 0 Å². The molecule has 126 valence electrons. The van der Waals surface area contributed by atoms with Crippen molar-refractivity contribution in [1.82, 2.24) is 9.80 Å². The van der Waals surface area contributed by atoms with Gasteiger partial charge in [0.15, 0.2) is 5.22 Å². The molecule has 1 aliphatic heterocycles. The van der Waals surface area contributed by atoms with Crippen molar-refractivity contribution in [1.29, 1.82) is 0 Å². The normalized spacial score (nSPS) is 17.8. The summed E-state index contributed by atoms with van der Waals surface area (Å²) in [4.78, 5) is 4.53. The van der Waals surface area contributed by atoms with Crippen LogP contribution in [0.15, 0.2) is 28.7 Å². The quantitative estimate of drug-likeness (QED) is 0.822. The van der Waals surface area contributed by atoms with E-state index >= 15 is 0 Å². The number of piperazine rings is 1. The number of nitrogens with zero attached hydrogens (tertiary/aromatic N) is 2. The van der Waals surface area contributed by atoms with Gasteiger partial charge in [0, 0.05) is 56.5 Å². The molecule has 1 aromatic carbocycles. The number of hydrogen-bond donors (Lipinski definition) is 0. The van der Waals surface area contributed by atoms with Gasteiger partial charge in [-0.1, -0.05) is 18.2 Å². The number of halogens is 1. The largest absolute Gasteiger partial charge is 0.444 e. The Hall–Kier alpha value is -1.08. The van der Waals surface area contributed by atoms with Crippen molar-refractivity contribution in [3.63, 3.8) is 0 Å². The van der Waals surface area contributed by atoms with E-state index in [9.17, 15) is 8.42 Å². The van der Waals surface area contributed by atoms with E-state index < -0.39 is 9.84 Å². The Morgan fingerprint density at radius 2 is 1.78 bits per heavy atom. The molecule has 3 rings (SSSR count). The Kier molecular flexibility index (Phi) is 4.96. The Morgan fingerprint density at radius 1 is 1.13 bits per heavy atom. The summed E-state index contributed by atoms with van der Waals surface area (Å²) >= 11 is 6.25. The SMILES string of the molecule is CS(=O)(=O)CCN1CCN(Cc2c(Cl)oc3ccccc23)CC1. The van der Waals surface area contributed by atoms with Crippen LogP contribution < -0.4 is 0 Å². The van der Waals surface area contributed by atoms with Crippen molar-refractivity contribution in [2.24, 2.45) is 0 Å². The summed E-state index contributed by atoms with van der Waals surface area (Å²) in [5, 5.41) is 1.53. The van der Waals surface area contributed by atoms with Gasteiger partial charge < -0.3 is 4.42 Å². The van der Waals surface area contributed by atoms with Crippen molar-refractivity contribution in [2.75, 3.05) is 44.7 Å². The van der Waals surface area contributed by atoms with Crippen LogP contribution in [0.1, 0.15) is 5.56 Å². The lowest BCUT2D eigenvalue weighted by Crippen LogP contribution is -2.47. The number of para-hydroxylation sites is 1. The van der Waals surface area contributed by atoms with E-state index in [1.54, 1.807) is 0 Å². The van der Waals surface area contributed by atoms with Crippen molar-refractivity contribution < 1.29 is 12.8 Å². The van der Waals surface area contributed by atoms with Crippen LogP contribution in [0, 0.1) is 0 Å². The Morgan fingerprint density at radius 3 is 2.48 bits per heavy atom. The third-order valence-corrected chi connectivity index (χ3v) is 5.50. The molecule has 0 amide bonds. The molecule has 7 heteroatoms. The molecule has 0 spiro atoms. The van der Waals surface area contributed by atoms with Crippen LogP contribution >= 0.6 is 11.6 Å². The van der Waals surface area contributed by atoms with Gasteiger partial charge in [0.05, 0.1) is 5.75 Å². The summed E-state index contributed by atoms with van der Waals surface area (Å²) in [7, 11) is -2.89. The predicted octanol–water partition coefficient (Wildman–Crippen LogP) is 2.25. The van der Waals surface area contributed by atoms with E-state index in [0.717, 1.165) is 49.3 Å². The van der Waals surface area contributed by atoms with Gasteiger partial charge in [0.2, 0.25) is 0 Å². The van der Waals surface area contributed by atoms with Crippen LogP contribution in [0.25, 0.3) is 11.0 Å². The predicted molar refractivity (Wildman–Crippen MR) is 92.7 cm³/mol. The van der Waals surface area contributed by atoms with Crippen LogP contribution in [-0.4, -0.2) is 63.0 Å². The summed E-state index contributed by atoms with van der Waals surface area (Å²) in [6.45, 7) is 4.93. The lowest BCUT2D eigenvalue weighted by Gasteiger charge is -2.34. The fourth-order valence-electron chi connectivity index (χ4n) is 2.91. The van der Waals surface area contributed by atoms with Crippen LogP contribution in [0.4, 0.5) is 0 Å². The van der Waals surface area contributed by atoms with Gasteiger partial charge in [-0.2, -0.15) is 0 Å². The molecule has 1 fully saturated rings. The monoisotopic (exact) mass is 356 g/mol. The number of sulfone groups is 1. The van der Waals surface area contributed by atoms with E-state index in [1.165, 1.54) is 6.26 Å². The van der Waals surface area contributed by atoms with Gasteiger partial charge in [-0.15, -0.1) is 0 Å². The molecule has 0 radical (unpaired) electrons. The zero-order valence-corrected chi connectivity index (χ0v) is 14.7. The molecule has 23 heavy (non-hydrogen) atoms. The number of benzene rings is 1. The lowest BCUT2D eigenvalue weighted by molar-refractivity contribution is 0.132. The molecule has 1 saturated heterocycles. The van der Waals surface area contributed by atoms with Crippen molar-refractivity contribution in [2.45, 2.75) is 6.54 Å². The zero-order chi connectivity index (χ0) is 16.4. The molecule has 1 aromatic heterocycles. The van der Waals surface area contributed by atoms with E-state index in [4.69, 9.17) is 16.0 Å². The first-order valence-corrected chi connectivity index (χ1v) is 10.1. The van der Waals surface area contributed by atoms with Gasteiger partial charge in [0.1, 0.15) is 15.4 Å². The minimum absolute atomic E-state index is 0.227. The maximum atomic E-state index is 11.2. The molecular formula is C16H21ClN2O3S. The van der Waals surface area contributed by atoms with E-state index in [-0.39, 0.29) is 5.75 Å². The number of hydrogen-bond acceptors (Lipinski definition) is 5. The third-order valence-electron chi connectivity index (χ3n) is 4.27. The first kappa shape index (κ1) is 16.8. The minimum Gasteiger partial charge on any atom is -0.444 e. The average Bonchev–Trinajstić information content (AvgIpc) is 2.82. The van der Waals surface area contributed by atoms with E-state index in [2.05, 4.69) is 9.80 Å². The second-order valence-corrected chi connectivity index (χ2v) is 8.70. The molecule has 5 nitrogen and oxygen atoms in total. The maximum Gasteiger partial charge on any atom is 0.199 e. The standard InChI is InChI=1S/C16H21ClN2O3S/c1-23(20,21)11-10-18-6-8-19(9-7-18)12-14-13-4-2-3-5-15(13)22-16(14)17/h2-5H,6-12H2,1H3. The van der Waals surface area contributed by atoms with Gasteiger partial charge in [-0.25, -0.2) is 8.42 Å². The highest BCUT2D eigenvalue weighted by Crippen LogP contribution is 2.30. The highest BCUT2D eigenvalue weighted by Gasteiger charge is 2.21. The van der Waals surface area contributed by atoms with Gasteiger partial charge in [-0.3, -0.25) is 9.80 Å². The summed E-state index contributed by atoms with van der Waals surface area (Å²) in [6.07, 6.45) is 1.29. The highest BCUT2D eigenvalue weighted by atomic mass is 35.5. The fourth-order valence-corrected chi connectivity index (χ4v) is 3.74. The van der Waals surface area contributed by atoms with Crippen LogP contribution in [0.2, 0.25) is 5.22 Å². The Bertz CT molecular complexity index is 780. The Labute approximate surface area is 141 Å². The molecule has 0 bridgehead atoms. The smallest absolute Gasteiger partial charge is 0.199 e. The lowest BCUT2D eigenvalue weighted by atomic mass is 10.1. The first-order valence-electron chi connectivity index (χ1n) is 7.71. The van der Waals surface area contributed by atoms with Crippen LogP contribution in [0.3, 0.4) is 0 Å². The van der Waals surface area contributed by atoms with E-state index in [0.29, 0.717) is 11.8 Å². The average molecular weight is 357 g/mol. The highest BCUT2D eigenvalue weighted by molar-refractivity contribution is 7.90.